The highest BCUT2D eigenvalue weighted by atomic mass is 16.5. The highest BCUT2D eigenvalue weighted by Gasteiger charge is 2.10. The molecule has 0 unspecified atom stereocenters. The van der Waals surface area contributed by atoms with Crippen LogP contribution >= 0.6 is 0 Å². The standard InChI is InChI=1S/C17H14O5/c1-20-15-4-2-3-5-16(15)21-10-13-9-12-8-11(17(18)19)6-7-14(12)22-13/h2-9H,10H2,1H3,(H,18,19). The first kappa shape index (κ1) is 14.0. The predicted octanol–water partition coefficient (Wildman–Crippen LogP) is 3.72. The summed E-state index contributed by atoms with van der Waals surface area (Å²) in [7, 11) is 1.58. The Kier molecular flexibility index (Phi) is 3.70. The highest BCUT2D eigenvalue weighted by Crippen LogP contribution is 2.28. The van der Waals surface area contributed by atoms with Crippen LogP contribution in [0, 0.1) is 0 Å². The molecule has 0 radical (unpaired) electrons. The Bertz CT molecular complexity index is 819. The van der Waals surface area contributed by atoms with Crippen LogP contribution in [0.4, 0.5) is 0 Å². The lowest BCUT2D eigenvalue weighted by Crippen LogP contribution is -1.96. The maximum absolute atomic E-state index is 11.0. The Labute approximate surface area is 126 Å². The molecular formula is C17H14O5. The number of fused-ring (bicyclic) bond motifs is 1. The molecular weight excluding hydrogens is 284 g/mol. The van der Waals surface area contributed by atoms with E-state index in [9.17, 15) is 4.79 Å². The molecule has 3 rings (SSSR count). The Hall–Kier alpha value is -2.95. The van der Waals surface area contributed by atoms with Gasteiger partial charge in [-0.1, -0.05) is 12.1 Å². The fourth-order valence-corrected chi connectivity index (χ4v) is 2.19. The number of furan rings is 1. The van der Waals surface area contributed by atoms with Crippen molar-refractivity contribution in [2.45, 2.75) is 6.61 Å². The van der Waals surface area contributed by atoms with Gasteiger partial charge in [-0.15, -0.1) is 0 Å². The van der Waals surface area contributed by atoms with E-state index in [2.05, 4.69) is 0 Å². The zero-order valence-corrected chi connectivity index (χ0v) is 11.9. The number of carboxylic acid groups (broad SMARTS) is 1. The molecule has 0 aliphatic carbocycles. The number of methoxy groups -OCH3 is 1. The molecule has 0 spiro atoms. The van der Waals surface area contributed by atoms with Crippen LogP contribution < -0.4 is 9.47 Å². The molecule has 0 aliphatic rings. The molecule has 0 amide bonds. The van der Waals surface area contributed by atoms with Crippen molar-refractivity contribution < 1.29 is 23.8 Å². The van der Waals surface area contributed by atoms with Crippen LogP contribution in [0.15, 0.2) is 52.9 Å². The van der Waals surface area contributed by atoms with Crippen LogP contribution in [0.1, 0.15) is 16.1 Å². The minimum Gasteiger partial charge on any atom is -0.493 e. The van der Waals surface area contributed by atoms with Crippen molar-refractivity contribution in [2.75, 3.05) is 7.11 Å². The molecule has 1 aromatic heterocycles. The van der Waals surface area contributed by atoms with Crippen molar-refractivity contribution in [3.63, 3.8) is 0 Å². The molecule has 0 saturated heterocycles. The van der Waals surface area contributed by atoms with E-state index in [1.807, 2.05) is 24.3 Å². The molecule has 0 bridgehead atoms. The molecule has 1 heterocycles. The van der Waals surface area contributed by atoms with Gasteiger partial charge in [0, 0.05) is 5.39 Å². The lowest BCUT2D eigenvalue weighted by Gasteiger charge is -2.08. The summed E-state index contributed by atoms with van der Waals surface area (Å²) in [4.78, 5) is 11.0. The van der Waals surface area contributed by atoms with E-state index in [0.717, 1.165) is 5.39 Å². The average molecular weight is 298 g/mol. The third-order valence-corrected chi connectivity index (χ3v) is 3.25. The lowest BCUT2D eigenvalue weighted by molar-refractivity contribution is 0.0697. The molecule has 0 fully saturated rings. The van der Waals surface area contributed by atoms with Crippen LogP contribution in [0.2, 0.25) is 0 Å². The first-order chi connectivity index (χ1) is 10.7. The first-order valence-electron chi connectivity index (χ1n) is 6.69. The summed E-state index contributed by atoms with van der Waals surface area (Å²) in [5.41, 5.74) is 0.856. The number of carboxylic acids is 1. The number of hydrogen-bond acceptors (Lipinski definition) is 4. The number of hydrogen-bond donors (Lipinski definition) is 1. The SMILES string of the molecule is COc1ccccc1OCc1cc2cc(C(=O)O)ccc2o1. The zero-order chi connectivity index (χ0) is 15.5. The second kappa shape index (κ2) is 5.81. The Morgan fingerprint density at radius 3 is 2.64 bits per heavy atom. The van der Waals surface area contributed by atoms with Crippen LogP contribution in [-0.4, -0.2) is 18.2 Å². The van der Waals surface area contributed by atoms with Crippen molar-refractivity contribution in [1.29, 1.82) is 0 Å². The van der Waals surface area contributed by atoms with Crippen molar-refractivity contribution in [1.82, 2.24) is 0 Å². The van der Waals surface area contributed by atoms with Gasteiger partial charge in [-0.05, 0) is 36.4 Å². The molecule has 112 valence electrons. The number of ether oxygens (including phenoxy) is 2. The minimum atomic E-state index is -0.963. The molecule has 2 aromatic carbocycles. The highest BCUT2D eigenvalue weighted by molar-refractivity contribution is 5.93. The summed E-state index contributed by atoms with van der Waals surface area (Å²) < 4.78 is 16.5. The van der Waals surface area contributed by atoms with E-state index in [1.54, 1.807) is 25.3 Å². The normalized spacial score (nSPS) is 10.6. The van der Waals surface area contributed by atoms with E-state index in [1.165, 1.54) is 6.07 Å². The van der Waals surface area contributed by atoms with Crippen LogP contribution in [-0.2, 0) is 6.61 Å². The number of benzene rings is 2. The number of aromatic carboxylic acids is 1. The quantitative estimate of drug-likeness (QED) is 0.777. The number of rotatable bonds is 5. The summed E-state index contributed by atoms with van der Waals surface area (Å²) in [5.74, 6) is 0.918. The molecule has 5 nitrogen and oxygen atoms in total. The summed E-state index contributed by atoms with van der Waals surface area (Å²) in [6.07, 6.45) is 0. The third-order valence-electron chi connectivity index (χ3n) is 3.25. The Balaban J connectivity index is 1.81. The molecule has 0 atom stereocenters. The van der Waals surface area contributed by atoms with E-state index >= 15 is 0 Å². The average Bonchev–Trinajstić information content (AvgIpc) is 2.95. The van der Waals surface area contributed by atoms with E-state index in [4.69, 9.17) is 19.0 Å². The summed E-state index contributed by atoms with van der Waals surface area (Å²) in [6, 6.07) is 13.8. The van der Waals surface area contributed by atoms with Crippen molar-refractivity contribution in [3.8, 4) is 11.5 Å². The maximum atomic E-state index is 11.0. The fourth-order valence-electron chi connectivity index (χ4n) is 2.19. The van der Waals surface area contributed by atoms with E-state index < -0.39 is 5.97 Å². The van der Waals surface area contributed by atoms with Crippen molar-refractivity contribution in [3.05, 3.63) is 59.9 Å². The summed E-state index contributed by atoms with van der Waals surface area (Å²) >= 11 is 0. The fraction of sp³-hybridized carbons (Fsp3) is 0.118. The van der Waals surface area contributed by atoms with Gasteiger partial charge < -0.3 is 19.0 Å². The van der Waals surface area contributed by atoms with Gasteiger partial charge in [0.15, 0.2) is 11.5 Å². The third kappa shape index (κ3) is 2.74. The second-order valence-electron chi connectivity index (χ2n) is 4.71. The van der Waals surface area contributed by atoms with Crippen LogP contribution in [0.3, 0.4) is 0 Å². The summed E-state index contributed by atoms with van der Waals surface area (Å²) in [6.45, 7) is 0.234. The van der Waals surface area contributed by atoms with Gasteiger partial charge in [0.05, 0.1) is 12.7 Å². The topological polar surface area (TPSA) is 68.9 Å². The lowest BCUT2D eigenvalue weighted by atomic mass is 10.1. The van der Waals surface area contributed by atoms with Crippen LogP contribution in [0.5, 0.6) is 11.5 Å². The molecule has 5 heteroatoms. The monoisotopic (exact) mass is 298 g/mol. The molecule has 1 N–H and O–H groups in total. The van der Waals surface area contributed by atoms with Gasteiger partial charge >= 0.3 is 5.97 Å². The predicted molar refractivity (Wildman–Crippen MR) is 80.5 cm³/mol. The van der Waals surface area contributed by atoms with E-state index in [-0.39, 0.29) is 12.2 Å². The first-order valence-corrected chi connectivity index (χ1v) is 6.69. The molecule has 3 aromatic rings. The smallest absolute Gasteiger partial charge is 0.335 e. The zero-order valence-electron chi connectivity index (χ0n) is 11.9. The molecule has 0 saturated carbocycles. The second-order valence-corrected chi connectivity index (χ2v) is 4.71. The largest absolute Gasteiger partial charge is 0.493 e. The summed E-state index contributed by atoms with van der Waals surface area (Å²) in [5, 5.41) is 9.73. The van der Waals surface area contributed by atoms with Crippen molar-refractivity contribution in [2.24, 2.45) is 0 Å². The van der Waals surface area contributed by atoms with Gasteiger partial charge in [0.1, 0.15) is 18.0 Å². The minimum absolute atomic E-state index is 0.227. The molecule has 0 aliphatic heterocycles. The van der Waals surface area contributed by atoms with E-state index in [0.29, 0.717) is 22.8 Å². The van der Waals surface area contributed by atoms with Gasteiger partial charge in [0.25, 0.3) is 0 Å². The molecule has 22 heavy (non-hydrogen) atoms. The van der Waals surface area contributed by atoms with Gasteiger partial charge in [-0.2, -0.15) is 0 Å². The van der Waals surface area contributed by atoms with Gasteiger partial charge in [0.2, 0.25) is 0 Å². The van der Waals surface area contributed by atoms with Crippen LogP contribution in [0.25, 0.3) is 11.0 Å². The van der Waals surface area contributed by atoms with Gasteiger partial charge in [-0.25, -0.2) is 4.79 Å². The Morgan fingerprint density at radius 1 is 1.14 bits per heavy atom. The number of carbonyl (C=O) groups is 1. The Morgan fingerprint density at radius 2 is 1.91 bits per heavy atom. The maximum Gasteiger partial charge on any atom is 0.335 e. The van der Waals surface area contributed by atoms with Gasteiger partial charge in [-0.3, -0.25) is 0 Å². The van der Waals surface area contributed by atoms with Crippen molar-refractivity contribution >= 4 is 16.9 Å². The number of para-hydroxylation sites is 2.